The highest BCUT2D eigenvalue weighted by atomic mass is 16.3. The van der Waals surface area contributed by atoms with Gasteiger partial charge >= 0.3 is 5.91 Å². The van der Waals surface area contributed by atoms with Crippen LogP contribution in [0.4, 0.5) is 0 Å². The molecule has 124 valence electrons. The van der Waals surface area contributed by atoms with Crippen LogP contribution in [-0.2, 0) is 0 Å². The van der Waals surface area contributed by atoms with Gasteiger partial charge in [0.2, 0.25) is 0 Å². The first-order chi connectivity index (χ1) is 12.2. The predicted octanol–water partition coefficient (Wildman–Crippen LogP) is 3.98. The fourth-order valence-corrected chi connectivity index (χ4v) is 3.03. The average Bonchev–Trinajstić information content (AvgIpc) is 3.32. The molecule has 0 radical (unpaired) electrons. The fourth-order valence-electron chi connectivity index (χ4n) is 3.03. The summed E-state index contributed by atoms with van der Waals surface area (Å²) >= 11 is 0. The number of nitrogens with zero attached hydrogens (tertiary/aromatic N) is 2. The maximum absolute atomic E-state index is 12.8. The molecule has 3 aromatic rings. The number of hydrogen-bond donors (Lipinski definition) is 1. The molecule has 1 N–H and O–H groups in total. The van der Waals surface area contributed by atoms with Gasteiger partial charge in [-0.3, -0.25) is 4.79 Å². The van der Waals surface area contributed by atoms with E-state index in [1.54, 1.807) is 30.3 Å². The van der Waals surface area contributed by atoms with Crippen molar-refractivity contribution in [1.29, 1.82) is 0 Å². The smallest absolute Gasteiger partial charge is 0.310 e. The molecule has 0 aliphatic carbocycles. The number of carbonyl (C=O) groups is 1. The number of furan rings is 1. The van der Waals surface area contributed by atoms with E-state index in [-0.39, 0.29) is 23.5 Å². The topological polar surface area (TPSA) is 66.0 Å². The van der Waals surface area contributed by atoms with Gasteiger partial charge in [0.15, 0.2) is 5.76 Å². The largest absolute Gasteiger partial charge is 0.507 e. The molecule has 5 nitrogen and oxygen atoms in total. The zero-order valence-electron chi connectivity index (χ0n) is 13.4. The molecule has 1 atom stereocenters. The van der Waals surface area contributed by atoms with E-state index in [0.717, 1.165) is 5.56 Å². The molecule has 1 amide bonds. The highest BCUT2D eigenvalue weighted by Crippen LogP contribution is 2.35. The first kappa shape index (κ1) is 15.2. The quantitative estimate of drug-likeness (QED) is 0.789. The Morgan fingerprint density at radius 3 is 2.52 bits per heavy atom. The summed E-state index contributed by atoms with van der Waals surface area (Å²) in [6.45, 7) is 0. The summed E-state index contributed by atoms with van der Waals surface area (Å²) in [7, 11) is 0. The number of carbonyl (C=O) groups excluding carboxylic acids is 1. The highest BCUT2D eigenvalue weighted by molar-refractivity contribution is 6.06. The number of benzene rings is 2. The van der Waals surface area contributed by atoms with Gasteiger partial charge < -0.3 is 9.52 Å². The van der Waals surface area contributed by atoms with Gasteiger partial charge in [-0.15, -0.1) is 0 Å². The Bertz CT molecular complexity index is 917. The van der Waals surface area contributed by atoms with Gasteiger partial charge in [-0.25, -0.2) is 5.01 Å². The molecule has 5 heteroatoms. The second kappa shape index (κ2) is 6.28. The van der Waals surface area contributed by atoms with Gasteiger partial charge in [-0.1, -0.05) is 42.5 Å². The zero-order valence-corrected chi connectivity index (χ0v) is 13.4. The molecule has 25 heavy (non-hydrogen) atoms. The molecule has 1 unspecified atom stereocenters. The van der Waals surface area contributed by atoms with E-state index in [1.807, 2.05) is 36.4 Å². The molecule has 2 heterocycles. The molecular formula is C20H16N2O3. The summed E-state index contributed by atoms with van der Waals surface area (Å²) < 4.78 is 5.25. The van der Waals surface area contributed by atoms with Crippen molar-refractivity contribution in [3.05, 3.63) is 89.9 Å². The van der Waals surface area contributed by atoms with Crippen molar-refractivity contribution in [3.63, 3.8) is 0 Å². The lowest BCUT2D eigenvalue weighted by atomic mass is 9.98. The summed E-state index contributed by atoms with van der Waals surface area (Å²) in [4.78, 5) is 12.8. The number of rotatable bonds is 3. The minimum absolute atomic E-state index is 0.153. The van der Waals surface area contributed by atoms with Crippen LogP contribution < -0.4 is 0 Å². The lowest BCUT2D eigenvalue weighted by molar-refractivity contribution is 0.0678. The number of amides is 1. The van der Waals surface area contributed by atoms with Gasteiger partial charge in [0, 0.05) is 12.0 Å². The molecular weight excluding hydrogens is 316 g/mol. The normalized spacial score (nSPS) is 16.7. The number of hydrogen-bond acceptors (Lipinski definition) is 4. The second-order valence-electron chi connectivity index (χ2n) is 5.82. The third-order valence-electron chi connectivity index (χ3n) is 4.25. The third kappa shape index (κ3) is 2.80. The Kier molecular flexibility index (Phi) is 3.82. The summed E-state index contributed by atoms with van der Waals surface area (Å²) in [5.41, 5.74) is 2.29. The van der Waals surface area contributed by atoms with Gasteiger partial charge in [0.05, 0.1) is 18.0 Å². The van der Waals surface area contributed by atoms with Crippen molar-refractivity contribution >= 4 is 11.6 Å². The molecule has 0 saturated heterocycles. The van der Waals surface area contributed by atoms with E-state index in [9.17, 15) is 9.90 Å². The summed E-state index contributed by atoms with van der Waals surface area (Å²) in [5.74, 6) is 0.0906. The number of para-hydroxylation sites is 1. The van der Waals surface area contributed by atoms with E-state index in [4.69, 9.17) is 4.42 Å². The van der Waals surface area contributed by atoms with E-state index < -0.39 is 0 Å². The van der Waals surface area contributed by atoms with Crippen molar-refractivity contribution in [2.24, 2.45) is 5.10 Å². The van der Waals surface area contributed by atoms with Crippen molar-refractivity contribution in [2.45, 2.75) is 12.5 Å². The van der Waals surface area contributed by atoms with Crippen LogP contribution in [0.5, 0.6) is 5.75 Å². The van der Waals surface area contributed by atoms with E-state index in [0.29, 0.717) is 17.7 Å². The van der Waals surface area contributed by atoms with E-state index in [2.05, 4.69) is 5.10 Å². The molecule has 4 rings (SSSR count). The number of aromatic hydroxyl groups is 1. The number of phenols is 1. The van der Waals surface area contributed by atoms with Crippen molar-refractivity contribution in [3.8, 4) is 5.75 Å². The van der Waals surface area contributed by atoms with Gasteiger partial charge in [-0.05, 0) is 29.8 Å². The zero-order chi connectivity index (χ0) is 17.2. The van der Waals surface area contributed by atoms with Crippen LogP contribution >= 0.6 is 0 Å². The van der Waals surface area contributed by atoms with Crippen LogP contribution in [0.3, 0.4) is 0 Å². The molecule has 2 aromatic carbocycles. The summed E-state index contributed by atoms with van der Waals surface area (Å²) in [6, 6.07) is 19.8. The Labute approximate surface area is 144 Å². The van der Waals surface area contributed by atoms with Gasteiger partial charge in [-0.2, -0.15) is 5.10 Å². The van der Waals surface area contributed by atoms with Crippen molar-refractivity contribution < 1.29 is 14.3 Å². The Balaban J connectivity index is 1.75. The minimum Gasteiger partial charge on any atom is -0.507 e. The molecule has 0 bridgehead atoms. The number of phenolic OH excluding ortho intramolecular Hbond substituents is 1. The Hall–Kier alpha value is -3.34. The fraction of sp³-hybridized carbons (Fsp3) is 0.100. The standard InChI is InChI=1S/C20H16N2O3/c23-18-10-5-4-9-15(18)16-13-17(14-7-2-1-3-8-14)22(21-16)20(24)19-11-6-12-25-19/h1-12,17,23H,13H2. The van der Waals surface area contributed by atoms with Crippen molar-refractivity contribution in [2.75, 3.05) is 0 Å². The summed E-state index contributed by atoms with van der Waals surface area (Å²) in [6.07, 6.45) is 1.99. The maximum Gasteiger partial charge on any atom is 0.310 e. The molecule has 0 spiro atoms. The molecule has 0 saturated carbocycles. The lowest BCUT2D eigenvalue weighted by Crippen LogP contribution is -2.26. The number of hydrazone groups is 1. The van der Waals surface area contributed by atoms with Gasteiger partial charge in [0.25, 0.3) is 0 Å². The first-order valence-corrected chi connectivity index (χ1v) is 8.02. The first-order valence-electron chi connectivity index (χ1n) is 8.02. The molecule has 1 aliphatic heterocycles. The van der Waals surface area contributed by atoms with Crippen LogP contribution in [-0.4, -0.2) is 21.7 Å². The Morgan fingerprint density at radius 1 is 1.04 bits per heavy atom. The van der Waals surface area contributed by atoms with Gasteiger partial charge in [0.1, 0.15) is 5.75 Å². The monoisotopic (exact) mass is 332 g/mol. The second-order valence-corrected chi connectivity index (χ2v) is 5.82. The third-order valence-corrected chi connectivity index (χ3v) is 4.25. The summed E-state index contributed by atoms with van der Waals surface area (Å²) in [5, 5.41) is 16.1. The van der Waals surface area contributed by atoms with Crippen LogP contribution in [0.1, 0.15) is 34.1 Å². The SMILES string of the molecule is O=C(c1ccco1)N1N=C(c2ccccc2O)CC1c1ccccc1. The Morgan fingerprint density at radius 2 is 1.80 bits per heavy atom. The average molecular weight is 332 g/mol. The molecule has 1 aliphatic rings. The highest BCUT2D eigenvalue weighted by Gasteiger charge is 2.35. The van der Waals surface area contributed by atoms with Crippen LogP contribution in [0.15, 0.2) is 82.5 Å². The lowest BCUT2D eigenvalue weighted by Gasteiger charge is -2.21. The van der Waals surface area contributed by atoms with Crippen LogP contribution in [0.25, 0.3) is 0 Å². The molecule has 0 fully saturated rings. The van der Waals surface area contributed by atoms with E-state index in [1.165, 1.54) is 11.3 Å². The predicted molar refractivity (Wildman–Crippen MR) is 93.3 cm³/mol. The van der Waals surface area contributed by atoms with Crippen molar-refractivity contribution in [1.82, 2.24) is 5.01 Å². The van der Waals surface area contributed by atoms with E-state index >= 15 is 0 Å². The van der Waals surface area contributed by atoms with Crippen LogP contribution in [0, 0.1) is 0 Å². The van der Waals surface area contributed by atoms with Crippen LogP contribution in [0.2, 0.25) is 0 Å². The molecule has 1 aromatic heterocycles. The maximum atomic E-state index is 12.8. The minimum atomic E-state index is -0.302.